The Kier molecular flexibility index (Phi) is 4.40. The van der Waals surface area contributed by atoms with E-state index in [9.17, 15) is 5.11 Å². The minimum Gasteiger partial charge on any atom is -0.469 e. The minimum atomic E-state index is 0.177. The molecule has 90 valence electrons. The number of hydrogen-bond donors (Lipinski definition) is 1. The normalized spacial score (nSPS) is 12.6. The van der Waals surface area contributed by atoms with E-state index in [4.69, 9.17) is 4.42 Å². The van der Waals surface area contributed by atoms with Crippen LogP contribution in [0.5, 0.6) is 0 Å². The fourth-order valence-electron chi connectivity index (χ4n) is 1.87. The highest BCUT2D eigenvalue weighted by Crippen LogP contribution is 2.17. The molecule has 2 aromatic rings. The largest absolute Gasteiger partial charge is 0.469 e. The van der Waals surface area contributed by atoms with Gasteiger partial charge in [0.05, 0.1) is 6.26 Å². The van der Waals surface area contributed by atoms with Crippen LogP contribution in [0.25, 0.3) is 0 Å². The van der Waals surface area contributed by atoms with Crippen molar-refractivity contribution in [2.45, 2.75) is 12.8 Å². The molecule has 0 spiro atoms. The van der Waals surface area contributed by atoms with Crippen molar-refractivity contribution in [2.24, 2.45) is 5.92 Å². The highest BCUT2D eigenvalue weighted by atomic mass is 79.9. The molecule has 0 bridgehead atoms. The summed E-state index contributed by atoms with van der Waals surface area (Å²) in [5, 5.41) is 9.39. The molecule has 0 saturated carbocycles. The standard InChI is InChI=1S/C14H15BrO2/c15-13-5-3-11(4-6-13)8-12(10-16)9-14-2-1-7-17-14/h1-7,12,16H,8-10H2. The predicted molar refractivity (Wildman–Crippen MR) is 70.8 cm³/mol. The second-order valence-corrected chi connectivity index (χ2v) is 5.08. The molecule has 1 atom stereocenters. The summed E-state index contributed by atoms with van der Waals surface area (Å²) in [5.41, 5.74) is 1.24. The Morgan fingerprint density at radius 1 is 1.12 bits per heavy atom. The molecule has 0 saturated heterocycles. The van der Waals surface area contributed by atoms with Crippen LogP contribution in [0.3, 0.4) is 0 Å². The molecule has 3 heteroatoms. The van der Waals surface area contributed by atoms with Crippen molar-refractivity contribution < 1.29 is 9.52 Å². The molecule has 17 heavy (non-hydrogen) atoms. The predicted octanol–water partition coefficient (Wildman–Crippen LogP) is 3.44. The van der Waals surface area contributed by atoms with Crippen molar-refractivity contribution in [1.82, 2.24) is 0 Å². The van der Waals surface area contributed by atoms with E-state index in [1.54, 1.807) is 6.26 Å². The van der Waals surface area contributed by atoms with E-state index in [1.807, 2.05) is 24.3 Å². The van der Waals surface area contributed by atoms with Crippen LogP contribution in [0.2, 0.25) is 0 Å². The summed E-state index contributed by atoms with van der Waals surface area (Å²) in [6, 6.07) is 12.0. The Hall–Kier alpha value is -1.06. The topological polar surface area (TPSA) is 33.4 Å². The molecule has 0 aliphatic carbocycles. The maximum atomic E-state index is 9.39. The summed E-state index contributed by atoms with van der Waals surface area (Å²) in [4.78, 5) is 0. The Labute approximate surface area is 109 Å². The first-order valence-corrected chi connectivity index (χ1v) is 6.45. The van der Waals surface area contributed by atoms with Gasteiger partial charge in [-0.25, -0.2) is 0 Å². The second-order valence-electron chi connectivity index (χ2n) is 4.16. The summed E-state index contributed by atoms with van der Waals surface area (Å²) in [7, 11) is 0. The van der Waals surface area contributed by atoms with E-state index in [1.165, 1.54) is 5.56 Å². The van der Waals surface area contributed by atoms with Gasteiger partial charge in [0.15, 0.2) is 0 Å². The third kappa shape index (κ3) is 3.72. The lowest BCUT2D eigenvalue weighted by molar-refractivity contribution is 0.219. The van der Waals surface area contributed by atoms with Gasteiger partial charge in [0.1, 0.15) is 5.76 Å². The Morgan fingerprint density at radius 2 is 1.88 bits per heavy atom. The van der Waals surface area contributed by atoms with Gasteiger partial charge < -0.3 is 9.52 Å². The van der Waals surface area contributed by atoms with Crippen LogP contribution in [0.4, 0.5) is 0 Å². The van der Waals surface area contributed by atoms with Crippen LogP contribution in [-0.2, 0) is 12.8 Å². The molecule has 2 nitrogen and oxygen atoms in total. The number of halogens is 1. The van der Waals surface area contributed by atoms with Crippen molar-refractivity contribution in [2.75, 3.05) is 6.61 Å². The van der Waals surface area contributed by atoms with Crippen LogP contribution in [0.1, 0.15) is 11.3 Å². The summed E-state index contributed by atoms with van der Waals surface area (Å²) < 4.78 is 6.38. The lowest BCUT2D eigenvalue weighted by Crippen LogP contribution is -2.12. The van der Waals surface area contributed by atoms with Crippen molar-refractivity contribution >= 4 is 15.9 Å². The summed E-state index contributed by atoms with van der Waals surface area (Å²) >= 11 is 3.41. The fourth-order valence-corrected chi connectivity index (χ4v) is 2.13. The zero-order valence-electron chi connectivity index (χ0n) is 9.47. The maximum absolute atomic E-state index is 9.39. The average Bonchev–Trinajstić information content (AvgIpc) is 2.84. The van der Waals surface area contributed by atoms with E-state index in [0.717, 1.165) is 23.1 Å². The van der Waals surface area contributed by atoms with E-state index >= 15 is 0 Å². The number of aliphatic hydroxyl groups is 1. The minimum absolute atomic E-state index is 0.177. The van der Waals surface area contributed by atoms with Crippen molar-refractivity contribution in [3.63, 3.8) is 0 Å². The molecule has 1 unspecified atom stereocenters. The van der Waals surface area contributed by atoms with Gasteiger partial charge in [0.25, 0.3) is 0 Å². The molecule has 1 aromatic carbocycles. The SMILES string of the molecule is OCC(Cc1ccc(Br)cc1)Cc1ccco1. The van der Waals surface area contributed by atoms with Gasteiger partial charge in [-0.15, -0.1) is 0 Å². The second kappa shape index (κ2) is 6.03. The first-order chi connectivity index (χ1) is 8.28. The van der Waals surface area contributed by atoms with Gasteiger partial charge >= 0.3 is 0 Å². The van der Waals surface area contributed by atoms with E-state index in [-0.39, 0.29) is 12.5 Å². The molecule has 1 heterocycles. The summed E-state index contributed by atoms with van der Waals surface area (Å²) in [6.07, 6.45) is 3.31. The zero-order valence-corrected chi connectivity index (χ0v) is 11.1. The Bertz CT molecular complexity index is 434. The quantitative estimate of drug-likeness (QED) is 0.916. The van der Waals surface area contributed by atoms with E-state index in [2.05, 4.69) is 28.1 Å². The van der Waals surface area contributed by atoms with Crippen molar-refractivity contribution in [3.8, 4) is 0 Å². The Morgan fingerprint density at radius 3 is 2.47 bits per heavy atom. The smallest absolute Gasteiger partial charge is 0.104 e. The molecule has 0 aliphatic heterocycles. The zero-order chi connectivity index (χ0) is 12.1. The molecular formula is C14H15BrO2. The van der Waals surface area contributed by atoms with Crippen LogP contribution in [0.15, 0.2) is 51.6 Å². The van der Waals surface area contributed by atoms with Gasteiger partial charge in [0.2, 0.25) is 0 Å². The molecule has 0 aliphatic rings. The third-order valence-electron chi connectivity index (χ3n) is 2.77. The van der Waals surface area contributed by atoms with Crippen LogP contribution in [-0.4, -0.2) is 11.7 Å². The lowest BCUT2D eigenvalue weighted by Gasteiger charge is -2.12. The fraction of sp³-hybridized carbons (Fsp3) is 0.286. The highest BCUT2D eigenvalue weighted by molar-refractivity contribution is 9.10. The number of benzene rings is 1. The molecule has 0 radical (unpaired) electrons. The number of furan rings is 1. The number of hydrogen-bond acceptors (Lipinski definition) is 2. The van der Waals surface area contributed by atoms with Gasteiger partial charge in [-0.1, -0.05) is 28.1 Å². The van der Waals surface area contributed by atoms with Crippen molar-refractivity contribution in [1.29, 1.82) is 0 Å². The average molecular weight is 295 g/mol. The van der Waals surface area contributed by atoms with Gasteiger partial charge in [-0.3, -0.25) is 0 Å². The van der Waals surface area contributed by atoms with E-state index < -0.39 is 0 Å². The summed E-state index contributed by atoms with van der Waals surface area (Å²) in [5.74, 6) is 1.14. The molecule has 1 N–H and O–H groups in total. The number of rotatable bonds is 5. The molecule has 0 amide bonds. The third-order valence-corrected chi connectivity index (χ3v) is 3.29. The monoisotopic (exact) mass is 294 g/mol. The van der Waals surface area contributed by atoms with Crippen LogP contribution in [0, 0.1) is 5.92 Å². The molecule has 0 fully saturated rings. The molecule has 2 rings (SSSR count). The maximum Gasteiger partial charge on any atom is 0.104 e. The lowest BCUT2D eigenvalue weighted by atomic mass is 9.96. The summed E-state index contributed by atoms with van der Waals surface area (Å²) in [6.45, 7) is 0.177. The first-order valence-electron chi connectivity index (χ1n) is 5.65. The van der Waals surface area contributed by atoms with Gasteiger partial charge in [0, 0.05) is 17.5 Å². The van der Waals surface area contributed by atoms with E-state index in [0.29, 0.717) is 0 Å². The molecular weight excluding hydrogens is 280 g/mol. The van der Waals surface area contributed by atoms with Gasteiger partial charge in [-0.2, -0.15) is 0 Å². The Balaban J connectivity index is 1.97. The van der Waals surface area contributed by atoms with Crippen LogP contribution >= 0.6 is 15.9 Å². The molecule has 1 aromatic heterocycles. The van der Waals surface area contributed by atoms with Crippen LogP contribution < -0.4 is 0 Å². The van der Waals surface area contributed by atoms with Crippen molar-refractivity contribution in [3.05, 3.63) is 58.5 Å². The number of aliphatic hydroxyl groups excluding tert-OH is 1. The van der Waals surface area contributed by atoms with Gasteiger partial charge in [-0.05, 0) is 42.2 Å². The highest BCUT2D eigenvalue weighted by Gasteiger charge is 2.11. The first kappa shape index (κ1) is 12.4.